The molecule has 6 nitrogen and oxygen atoms in total. The average molecular weight is 339 g/mol. The molecule has 23 heavy (non-hydrogen) atoms. The molecule has 0 spiro atoms. The summed E-state index contributed by atoms with van der Waals surface area (Å²) in [4.78, 5) is 36.3. The Labute approximate surface area is 139 Å². The number of nitrogens with one attached hydrogen (secondary N) is 1. The highest BCUT2D eigenvalue weighted by atomic mass is 32.1. The van der Waals surface area contributed by atoms with Crippen LogP contribution in [0.3, 0.4) is 0 Å². The molecule has 0 atom stereocenters. The molecule has 0 radical (unpaired) electrons. The predicted octanol–water partition coefficient (Wildman–Crippen LogP) is 2.84. The monoisotopic (exact) mass is 339 g/mol. The van der Waals surface area contributed by atoms with E-state index in [-0.39, 0.29) is 6.61 Å². The van der Waals surface area contributed by atoms with E-state index in [0.717, 1.165) is 25.7 Å². The molecule has 2 amide bonds. The summed E-state index contributed by atoms with van der Waals surface area (Å²) in [6.07, 6.45) is 5.88. The SMILES string of the molecule is CCOC(=O)NC(=O)COC(=O)c1cc2c(s1)CCCCCC2. The third kappa shape index (κ3) is 5.35. The van der Waals surface area contributed by atoms with Gasteiger partial charge < -0.3 is 9.47 Å². The smallest absolute Gasteiger partial charge is 0.413 e. The second-order valence-corrected chi connectivity index (χ2v) is 6.45. The maximum Gasteiger partial charge on any atom is 0.413 e. The molecule has 0 aromatic carbocycles. The van der Waals surface area contributed by atoms with Crippen molar-refractivity contribution in [3.63, 3.8) is 0 Å². The molecule has 0 unspecified atom stereocenters. The van der Waals surface area contributed by atoms with Crippen LogP contribution >= 0.6 is 11.3 Å². The third-order valence-corrected chi connectivity index (χ3v) is 4.77. The summed E-state index contributed by atoms with van der Waals surface area (Å²) in [6, 6.07) is 1.87. The highest BCUT2D eigenvalue weighted by molar-refractivity contribution is 7.14. The number of rotatable bonds is 4. The second kappa shape index (κ2) is 8.67. The highest BCUT2D eigenvalue weighted by Gasteiger charge is 2.18. The van der Waals surface area contributed by atoms with E-state index >= 15 is 0 Å². The van der Waals surface area contributed by atoms with Gasteiger partial charge in [-0.25, -0.2) is 9.59 Å². The molecule has 1 N–H and O–H groups in total. The lowest BCUT2D eigenvalue weighted by Gasteiger charge is -2.07. The zero-order valence-corrected chi connectivity index (χ0v) is 14.0. The third-order valence-electron chi connectivity index (χ3n) is 3.55. The Morgan fingerprint density at radius 3 is 2.61 bits per heavy atom. The minimum absolute atomic E-state index is 0.166. The van der Waals surface area contributed by atoms with Crippen molar-refractivity contribution < 1.29 is 23.9 Å². The van der Waals surface area contributed by atoms with E-state index < -0.39 is 24.6 Å². The van der Waals surface area contributed by atoms with Crippen LogP contribution in [0.4, 0.5) is 4.79 Å². The lowest BCUT2D eigenvalue weighted by molar-refractivity contribution is -0.123. The summed E-state index contributed by atoms with van der Waals surface area (Å²) >= 11 is 1.44. The van der Waals surface area contributed by atoms with Crippen LogP contribution < -0.4 is 5.32 Å². The van der Waals surface area contributed by atoms with E-state index in [1.807, 2.05) is 11.4 Å². The van der Waals surface area contributed by atoms with E-state index in [9.17, 15) is 14.4 Å². The molecule has 0 saturated heterocycles. The maximum atomic E-state index is 12.0. The second-order valence-electron chi connectivity index (χ2n) is 5.32. The standard InChI is InChI=1S/C16H21NO5S/c1-2-21-16(20)17-14(18)10-22-15(19)13-9-11-7-5-3-4-6-8-12(11)23-13/h9H,2-8,10H2,1H3,(H,17,18,20). The van der Waals surface area contributed by atoms with E-state index in [0.29, 0.717) is 4.88 Å². The minimum atomic E-state index is -0.840. The Hall–Kier alpha value is -1.89. The van der Waals surface area contributed by atoms with Gasteiger partial charge in [-0.15, -0.1) is 11.3 Å². The fourth-order valence-electron chi connectivity index (χ4n) is 2.46. The fraction of sp³-hybridized carbons (Fsp3) is 0.562. The van der Waals surface area contributed by atoms with Crippen LogP contribution in [0.2, 0.25) is 0 Å². The van der Waals surface area contributed by atoms with Gasteiger partial charge >= 0.3 is 12.1 Å². The van der Waals surface area contributed by atoms with Crippen molar-refractivity contribution >= 4 is 29.3 Å². The van der Waals surface area contributed by atoms with E-state index in [2.05, 4.69) is 4.74 Å². The molecule has 2 rings (SSSR count). The van der Waals surface area contributed by atoms with Gasteiger partial charge in [0, 0.05) is 4.88 Å². The number of thiophene rings is 1. The molecule has 7 heteroatoms. The van der Waals surface area contributed by atoms with Crippen LogP contribution in [-0.4, -0.2) is 31.2 Å². The number of imide groups is 1. The number of ether oxygens (including phenoxy) is 2. The quantitative estimate of drug-likeness (QED) is 0.853. The zero-order valence-electron chi connectivity index (χ0n) is 13.2. The first-order valence-electron chi connectivity index (χ1n) is 7.85. The summed E-state index contributed by atoms with van der Waals surface area (Å²) < 4.78 is 9.53. The van der Waals surface area contributed by atoms with Gasteiger partial charge in [0.25, 0.3) is 5.91 Å². The van der Waals surface area contributed by atoms with Crippen LogP contribution in [0, 0.1) is 0 Å². The van der Waals surface area contributed by atoms with Crippen molar-refractivity contribution in [1.29, 1.82) is 0 Å². The van der Waals surface area contributed by atoms with Gasteiger partial charge in [0.1, 0.15) is 4.88 Å². The van der Waals surface area contributed by atoms with Crippen LogP contribution in [-0.2, 0) is 27.1 Å². The van der Waals surface area contributed by atoms with Crippen LogP contribution in [0.5, 0.6) is 0 Å². The molecule has 1 aliphatic carbocycles. The summed E-state index contributed by atoms with van der Waals surface area (Å²) in [5, 5.41) is 1.98. The van der Waals surface area contributed by atoms with Gasteiger partial charge in [-0.3, -0.25) is 10.1 Å². The normalized spacial score (nSPS) is 14.1. The first kappa shape index (κ1) is 17.5. The average Bonchev–Trinajstić information content (AvgIpc) is 2.87. The summed E-state index contributed by atoms with van der Waals surface area (Å²) in [5.74, 6) is -1.23. The Morgan fingerprint density at radius 2 is 1.87 bits per heavy atom. The summed E-state index contributed by atoms with van der Waals surface area (Å²) in [6.45, 7) is 1.30. The van der Waals surface area contributed by atoms with Crippen molar-refractivity contribution in [1.82, 2.24) is 5.32 Å². The van der Waals surface area contributed by atoms with Crippen LogP contribution in [0.25, 0.3) is 0 Å². The number of alkyl carbamates (subject to hydrolysis) is 1. The maximum absolute atomic E-state index is 12.0. The molecule has 0 bridgehead atoms. The van der Waals surface area contributed by atoms with Crippen LogP contribution in [0.15, 0.2) is 6.07 Å². The van der Waals surface area contributed by atoms with Gasteiger partial charge in [0.2, 0.25) is 0 Å². The molecular formula is C16H21NO5S. The first-order chi connectivity index (χ1) is 11.1. The Morgan fingerprint density at radius 1 is 1.13 bits per heavy atom. The van der Waals surface area contributed by atoms with E-state index in [1.165, 1.54) is 34.6 Å². The van der Waals surface area contributed by atoms with Gasteiger partial charge in [-0.2, -0.15) is 0 Å². The minimum Gasteiger partial charge on any atom is -0.451 e. The summed E-state index contributed by atoms with van der Waals surface area (Å²) in [7, 11) is 0. The van der Waals surface area contributed by atoms with Gasteiger partial charge in [0.05, 0.1) is 6.61 Å². The van der Waals surface area contributed by atoms with E-state index in [4.69, 9.17) is 4.74 Å². The molecule has 0 saturated carbocycles. The molecule has 1 aromatic heterocycles. The number of hydrogen-bond donors (Lipinski definition) is 1. The van der Waals surface area contributed by atoms with Gasteiger partial charge in [-0.1, -0.05) is 12.8 Å². The van der Waals surface area contributed by atoms with Gasteiger partial charge in [-0.05, 0) is 44.2 Å². The number of carbonyl (C=O) groups is 3. The molecule has 0 fully saturated rings. The lowest BCUT2D eigenvalue weighted by atomic mass is 10.00. The predicted molar refractivity (Wildman–Crippen MR) is 85.6 cm³/mol. The van der Waals surface area contributed by atoms with Crippen molar-refractivity contribution in [2.45, 2.75) is 45.4 Å². The molecule has 1 aromatic rings. The number of aryl methyl sites for hydroxylation is 2. The highest BCUT2D eigenvalue weighted by Crippen LogP contribution is 2.28. The van der Waals surface area contributed by atoms with Gasteiger partial charge in [0.15, 0.2) is 6.61 Å². The van der Waals surface area contributed by atoms with Crippen LogP contribution in [0.1, 0.15) is 52.7 Å². The largest absolute Gasteiger partial charge is 0.451 e. The number of hydrogen-bond acceptors (Lipinski definition) is 6. The molecule has 126 valence electrons. The molecule has 1 heterocycles. The van der Waals surface area contributed by atoms with Crippen molar-refractivity contribution in [2.75, 3.05) is 13.2 Å². The fourth-order valence-corrected chi connectivity index (χ4v) is 3.61. The Balaban J connectivity index is 1.87. The molecular weight excluding hydrogens is 318 g/mol. The first-order valence-corrected chi connectivity index (χ1v) is 8.67. The topological polar surface area (TPSA) is 81.7 Å². The Kier molecular flexibility index (Phi) is 6.58. The summed E-state index contributed by atoms with van der Waals surface area (Å²) in [5.41, 5.74) is 1.22. The number of amides is 2. The Bertz CT molecular complexity index is 556. The van der Waals surface area contributed by atoms with Crippen molar-refractivity contribution in [3.8, 4) is 0 Å². The number of fused-ring (bicyclic) bond motifs is 1. The lowest BCUT2D eigenvalue weighted by Crippen LogP contribution is -2.34. The van der Waals surface area contributed by atoms with E-state index in [1.54, 1.807) is 6.92 Å². The zero-order chi connectivity index (χ0) is 16.7. The molecule has 1 aliphatic rings. The molecule has 0 aliphatic heterocycles. The van der Waals surface area contributed by atoms with Crippen molar-refractivity contribution in [3.05, 3.63) is 21.4 Å². The number of esters is 1. The van der Waals surface area contributed by atoms with Crippen molar-refractivity contribution in [2.24, 2.45) is 0 Å². The number of carbonyl (C=O) groups excluding carboxylic acids is 3.